The molecule has 0 atom stereocenters. The van der Waals surface area contributed by atoms with E-state index in [0.717, 1.165) is 38.3 Å². The first-order valence-electron chi connectivity index (χ1n) is 15.1. The van der Waals surface area contributed by atoms with Crippen molar-refractivity contribution in [2.45, 2.75) is 26.9 Å². The second-order valence-corrected chi connectivity index (χ2v) is 11.0. The number of carbonyl (C=O) groups is 2. The molecule has 2 N–H and O–H groups in total. The largest absolute Gasteiger partial charge is 2.00 e. The van der Waals surface area contributed by atoms with Gasteiger partial charge in [0, 0.05) is 88.6 Å². The van der Waals surface area contributed by atoms with Gasteiger partial charge in [-0.15, -0.1) is 0 Å². The number of hydrogen-bond donors (Lipinski definition) is 2. The molecule has 15 heteroatoms. The molecule has 47 heavy (non-hydrogen) atoms. The minimum atomic E-state index is -1.55. The Labute approximate surface area is 282 Å². The summed E-state index contributed by atoms with van der Waals surface area (Å²) in [5.41, 5.74) is -0.410. The molecule has 0 radical (unpaired) electrons. The van der Waals surface area contributed by atoms with Crippen LogP contribution in [0.25, 0.3) is 21.8 Å². The molecular weight excluding hydrogens is 797 g/mol. The summed E-state index contributed by atoms with van der Waals surface area (Å²) in [6, 6.07) is 5.52. The fraction of sp³-hybridized carbons (Fsp3) is 0.375. The molecule has 0 bridgehead atoms. The number of pyridine rings is 2. The molecule has 2 fully saturated rings. The molecule has 252 valence electrons. The average molecular weight is 832 g/mol. The van der Waals surface area contributed by atoms with Crippen molar-refractivity contribution < 1.29 is 49.6 Å². The summed E-state index contributed by atoms with van der Waals surface area (Å²) in [7, 11) is 0. The summed E-state index contributed by atoms with van der Waals surface area (Å²) in [6.45, 7) is 10.4. The van der Waals surface area contributed by atoms with Crippen LogP contribution in [0.4, 0.5) is 20.2 Å². The maximum absolute atomic E-state index is 14.5. The molecule has 0 amide bonds. The van der Waals surface area contributed by atoms with Gasteiger partial charge in [-0.05, 0) is 38.1 Å². The fourth-order valence-electron chi connectivity index (χ4n) is 5.91. The average Bonchev–Trinajstić information content (AvgIpc) is 3.06. The van der Waals surface area contributed by atoms with E-state index < -0.39 is 45.6 Å². The minimum Gasteiger partial charge on any atom is -0.545 e. The Morgan fingerprint density at radius 3 is 1.32 bits per heavy atom. The van der Waals surface area contributed by atoms with Crippen LogP contribution in [0, 0.1) is 11.6 Å². The summed E-state index contributed by atoms with van der Waals surface area (Å²) in [6.07, 6.45) is 2.53. The molecule has 2 aromatic heterocycles. The molecule has 12 nitrogen and oxygen atoms in total. The van der Waals surface area contributed by atoms with Gasteiger partial charge in [0.15, 0.2) is 10.9 Å². The Morgan fingerprint density at radius 2 is 1.02 bits per heavy atom. The van der Waals surface area contributed by atoms with E-state index in [1.165, 1.54) is 12.4 Å². The Hall–Kier alpha value is -4.13. The zero-order valence-electron chi connectivity index (χ0n) is 25.8. The van der Waals surface area contributed by atoms with Crippen molar-refractivity contribution in [3.63, 3.8) is 0 Å². The maximum atomic E-state index is 14.5. The van der Waals surface area contributed by atoms with Crippen LogP contribution in [0.3, 0.4) is 0 Å². The number of aromatic carboxylic acids is 2. The van der Waals surface area contributed by atoms with Crippen LogP contribution < -0.4 is 41.5 Å². The number of benzene rings is 2. The van der Waals surface area contributed by atoms with Gasteiger partial charge in [0.25, 0.3) is 0 Å². The topological polar surface area (TPSA) is 155 Å². The number of carboxylic acid groups (broad SMARTS) is 2. The van der Waals surface area contributed by atoms with E-state index >= 15 is 0 Å². The SMILES string of the molecule is CCn1cc(C(=O)[O-])c(=O)c2cc(F)c(N3CCNCC3)cc21.CCn1cc(C(=O)[O-])c(=O)c2cc(F)c(N3CCNCC3)cc21.[Pt+2]. The molecular formula is C32H34F2N6O6Pt. The van der Waals surface area contributed by atoms with E-state index in [2.05, 4.69) is 10.6 Å². The molecule has 0 saturated carbocycles. The summed E-state index contributed by atoms with van der Waals surface area (Å²) in [5, 5.41) is 28.7. The number of nitrogens with zero attached hydrogens (tertiary/aromatic N) is 4. The Bertz CT molecular complexity index is 1800. The van der Waals surface area contributed by atoms with Crippen LogP contribution >= 0.6 is 0 Å². The third kappa shape index (κ3) is 7.24. The normalized spacial score (nSPS) is 14.8. The Kier molecular flexibility index (Phi) is 11.5. The van der Waals surface area contributed by atoms with Crippen LogP contribution in [0.15, 0.2) is 46.2 Å². The number of rotatable bonds is 6. The fourth-order valence-corrected chi connectivity index (χ4v) is 5.91. The van der Waals surface area contributed by atoms with Crippen molar-refractivity contribution in [1.29, 1.82) is 0 Å². The van der Waals surface area contributed by atoms with Gasteiger partial charge in [-0.3, -0.25) is 9.59 Å². The zero-order chi connectivity index (χ0) is 33.1. The van der Waals surface area contributed by atoms with Crippen LogP contribution in [0.5, 0.6) is 0 Å². The number of fused-ring (bicyclic) bond motifs is 2. The number of hydrogen-bond acceptors (Lipinski definition) is 10. The number of aryl methyl sites for hydroxylation is 2. The predicted octanol–water partition coefficient (Wildman–Crippen LogP) is -0.135. The van der Waals surface area contributed by atoms with Crippen LogP contribution in [-0.4, -0.2) is 73.4 Å². The van der Waals surface area contributed by atoms with Gasteiger partial charge in [0.05, 0.1) is 45.5 Å². The van der Waals surface area contributed by atoms with Gasteiger partial charge >= 0.3 is 21.1 Å². The standard InChI is InChI=1S/2C16H18FN3O3.Pt/c2*1-2-19-9-11(16(22)23)15(21)10-7-12(17)14(8-13(10)19)20-5-3-18-4-6-20;/h2*7-9,18H,2-6H2,1H3,(H,22,23);/q;;+2/p-2. The molecule has 2 aliphatic rings. The van der Waals surface area contributed by atoms with Gasteiger partial charge in [-0.25, -0.2) is 8.78 Å². The smallest absolute Gasteiger partial charge is 0.545 e. The first-order chi connectivity index (χ1) is 22.0. The summed E-state index contributed by atoms with van der Waals surface area (Å²) in [5.74, 6) is -4.14. The summed E-state index contributed by atoms with van der Waals surface area (Å²) >= 11 is 0. The quantitative estimate of drug-likeness (QED) is 0.269. The van der Waals surface area contributed by atoms with Crippen molar-refractivity contribution in [2.75, 3.05) is 62.2 Å². The van der Waals surface area contributed by atoms with E-state index in [1.807, 2.05) is 23.6 Å². The second-order valence-electron chi connectivity index (χ2n) is 11.0. The van der Waals surface area contributed by atoms with Crippen molar-refractivity contribution in [1.82, 2.24) is 19.8 Å². The third-order valence-electron chi connectivity index (χ3n) is 8.33. The van der Waals surface area contributed by atoms with Crippen LogP contribution in [-0.2, 0) is 34.2 Å². The first kappa shape index (κ1) is 35.7. The number of carbonyl (C=O) groups excluding carboxylic acids is 2. The molecule has 6 rings (SSSR count). The van der Waals surface area contributed by atoms with Crippen molar-refractivity contribution in [2.24, 2.45) is 0 Å². The molecule has 4 aromatic rings. The monoisotopic (exact) mass is 831 g/mol. The maximum Gasteiger partial charge on any atom is 2.00 e. The first-order valence-corrected chi connectivity index (χ1v) is 15.1. The van der Waals surface area contributed by atoms with Crippen LogP contribution in [0.2, 0.25) is 0 Å². The van der Waals surface area contributed by atoms with Crippen molar-refractivity contribution in [3.8, 4) is 0 Å². The second kappa shape index (κ2) is 15.2. The van der Waals surface area contributed by atoms with E-state index in [1.54, 1.807) is 21.3 Å². The van der Waals surface area contributed by atoms with E-state index in [9.17, 15) is 38.2 Å². The number of anilines is 2. The number of aromatic nitrogens is 2. The Morgan fingerprint density at radius 1 is 0.681 bits per heavy atom. The molecule has 2 aromatic carbocycles. The van der Waals surface area contributed by atoms with Gasteiger partial charge in [-0.2, -0.15) is 0 Å². The molecule has 0 unspecified atom stereocenters. The number of carboxylic acids is 2. The van der Waals surface area contributed by atoms with Gasteiger partial charge in [0.2, 0.25) is 0 Å². The number of piperazine rings is 2. The number of halogens is 2. The van der Waals surface area contributed by atoms with E-state index in [-0.39, 0.29) is 31.8 Å². The summed E-state index contributed by atoms with van der Waals surface area (Å²) in [4.78, 5) is 50.5. The van der Waals surface area contributed by atoms with Crippen molar-refractivity contribution >= 4 is 45.1 Å². The van der Waals surface area contributed by atoms with E-state index in [0.29, 0.717) is 61.7 Å². The minimum absolute atomic E-state index is 0. The molecule has 0 aliphatic carbocycles. The van der Waals surface area contributed by atoms with Gasteiger partial charge < -0.3 is 49.4 Å². The molecule has 0 spiro atoms. The van der Waals surface area contributed by atoms with Gasteiger partial charge in [0.1, 0.15) is 11.6 Å². The zero-order valence-corrected chi connectivity index (χ0v) is 28.1. The third-order valence-corrected chi connectivity index (χ3v) is 8.33. The Balaban J connectivity index is 0.000000208. The molecule has 4 heterocycles. The van der Waals surface area contributed by atoms with Gasteiger partial charge in [-0.1, -0.05) is 0 Å². The van der Waals surface area contributed by atoms with Crippen molar-refractivity contribution in [3.05, 3.63) is 79.9 Å². The predicted molar refractivity (Wildman–Crippen MR) is 167 cm³/mol. The number of nitrogens with one attached hydrogen (secondary N) is 2. The van der Waals surface area contributed by atoms with Crippen LogP contribution in [0.1, 0.15) is 34.6 Å². The van der Waals surface area contributed by atoms with E-state index in [4.69, 9.17) is 0 Å². The molecule has 2 aliphatic heterocycles. The molecule has 2 saturated heterocycles. The summed E-state index contributed by atoms with van der Waals surface area (Å²) < 4.78 is 32.2.